The van der Waals surface area contributed by atoms with E-state index in [1.807, 2.05) is 12.1 Å². The summed E-state index contributed by atoms with van der Waals surface area (Å²) in [6.45, 7) is 0.997. The van der Waals surface area contributed by atoms with E-state index in [9.17, 15) is 4.79 Å². The highest BCUT2D eigenvalue weighted by atomic mass is 32.1. The quantitative estimate of drug-likeness (QED) is 0.509. The third-order valence-corrected chi connectivity index (χ3v) is 4.46. The second-order valence-corrected chi connectivity index (χ2v) is 6.01. The van der Waals surface area contributed by atoms with Gasteiger partial charge in [0.25, 0.3) is 0 Å². The molecule has 3 rings (SSSR count). The van der Waals surface area contributed by atoms with Crippen molar-refractivity contribution in [3.63, 3.8) is 0 Å². The van der Waals surface area contributed by atoms with Gasteiger partial charge in [0.1, 0.15) is 0 Å². The van der Waals surface area contributed by atoms with Crippen LogP contribution in [-0.2, 0) is 16.0 Å². The summed E-state index contributed by atoms with van der Waals surface area (Å²) in [6.07, 6.45) is 1.29. The van der Waals surface area contributed by atoms with Crippen molar-refractivity contribution in [2.45, 2.75) is 25.4 Å². The Labute approximate surface area is 130 Å². The molecule has 0 unspecified atom stereocenters. The van der Waals surface area contributed by atoms with E-state index < -0.39 is 6.10 Å². The van der Waals surface area contributed by atoms with Crippen molar-refractivity contribution in [3.8, 4) is 6.07 Å². The molecule has 1 atom stereocenters. The lowest BCUT2D eigenvalue weighted by atomic mass is 10.2. The molecule has 0 saturated carbocycles. The Hall–Kier alpha value is -2.14. The number of nitrogens with zero attached hydrogens (tertiary/aromatic N) is 3. The van der Waals surface area contributed by atoms with E-state index in [4.69, 9.17) is 15.1 Å². The number of amides is 1. The fourth-order valence-corrected chi connectivity index (χ4v) is 3.29. The van der Waals surface area contributed by atoms with Gasteiger partial charge >= 0.3 is 5.91 Å². The minimum atomic E-state index is -0.821. The number of nitriles is 1. The molecule has 0 radical (unpaired) electrons. The number of rotatable bonds is 4. The molecule has 1 amide bonds. The molecule has 0 spiro atoms. The smallest absolute Gasteiger partial charge is 0.313 e. The predicted molar refractivity (Wildman–Crippen MR) is 80.3 cm³/mol. The molecule has 6 nitrogen and oxygen atoms in total. The van der Waals surface area contributed by atoms with Crippen molar-refractivity contribution < 1.29 is 14.6 Å². The summed E-state index contributed by atoms with van der Waals surface area (Å²) in [5.41, 5.74) is 0.881. The maximum Gasteiger partial charge on any atom is 0.313 e. The van der Waals surface area contributed by atoms with Crippen LogP contribution in [0.2, 0.25) is 0 Å². The SMILES string of the molecule is N#CCCCc1nc2c[cH-]c(=[N+]3[CH-]O[C@H](CO)C3=O)cc2s1. The Morgan fingerprint density at radius 1 is 1.59 bits per heavy atom. The number of carbonyl (C=O) groups excluding carboxylic acids is 1. The van der Waals surface area contributed by atoms with E-state index in [-0.39, 0.29) is 12.5 Å². The Balaban J connectivity index is 1.93. The number of hydrogen-bond donors (Lipinski definition) is 1. The first-order chi connectivity index (χ1) is 10.7. The average Bonchev–Trinajstić information content (AvgIpc) is 3.09. The Morgan fingerprint density at radius 2 is 2.45 bits per heavy atom. The van der Waals surface area contributed by atoms with E-state index in [0.717, 1.165) is 28.1 Å². The molecule has 1 aliphatic rings. The molecule has 0 bridgehead atoms. The van der Waals surface area contributed by atoms with Crippen LogP contribution in [0.5, 0.6) is 0 Å². The molecule has 7 heteroatoms. The van der Waals surface area contributed by atoms with Crippen LogP contribution in [0.1, 0.15) is 17.8 Å². The lowest BCUT2D eigenvalue weighted by Crippen LogP contribution is -2.33. The third kappa shape index (κ3) is 2.76. The molecule has 1 saturated heterocycles. The summed E-state index contributed by atoms with van der Waals surface area (Å²) in [6, 6.07) is 7.68. The van der Waals surface area contributed by atoms with Gasteiger partial charge in [0.05, 0.1) is 17.7 Å². The minimum Gasteiger partial charge on any atom is -0.394 e. The average molecular weight is 316 g/mol. The molecule has 1 aromatic heterocycles. The summed E-state index contributed by atoms with van der Waals surface area (Å²) in [7, 11) is 0. The van der Waals surface area contributed by atoms with Crippen LogP contribution in [0.25, 0.3) is 10.2 Å². The lowest BCUT2D eigenvalue weighted by molar-refractivity contribution is -0.126. The van der Waals surface area contributed by atoms with Gasteiger partial charge in [-0.3, -0.25) is 9.37 Å². The van der Waals surface area contributed by atoms with Crippen molar-refractivity contribution in [1.82, 2.24) is 9.56 Å². The molecule has 0 aliphatic carbocycles. The van der Waals surface area contributed by atoms with Crippen LogP contribution in [0.3, 0.4) is 0 Å². The number of unbranched alkanes of at least 4 members (excludes halogenated alkanes) is 1. The zero-order valence-electron chi connectivity index (χ0n) is 11.7. The predicted octanol–water partition coefficient (Wildman–Crippen LogP) is 0.671. The first-order valence-electron chi connectivity index (χ1n) is 6.92. The molecular formula is C15H14N3O3S-. The van der Waals surface area contributed by atoms with Crippen molar-refractivity contribution in [2.75, 3.05) is 6.61 Å². The Morgan fingerprint density at radius 3 is 3.18 bits per heavy atom. The normalized spacial score (nSPS) is 20.2. The fourth-order valence-electron chi connectivity index (χ4n) is 2.25. The van der Waals surface area contributed by atoms with E-state index in [0.29, 0.717) is 11.8 Å². The molecule has 1 N–H and O–H groups in total. The first kappa shape index (κ1) is 14.8. The molecule has 1 fully saturated rings. The number of carbonyl (C=O) groups is 1. The van der Waals surface area contributed by atoms with Crippen LogP contribution in [0.4, 0.5) is 0 Å². The van der Waals surface area contributed by atoms with Crippen molar-refractivity contribution in [3.05, 3.63) is 35.3 Å². The number of aromatic nitrogens is 1. The zero-order valence-corrected chi connectivity index (χ0v) is 12.5. The highest BCUT2D eigenvalue weighted by Crippen LogP contribution is 2.21. The molecular weight excluding hydrogens is 302 g/mol. The van der Waals surface area contributed by atoms with Crippen molar-refractivity contribution >= 4 is 27.5 Å². The second-order valence-electron chi connectivity index (χ2n) is 4.89. The van der Waals surface area contributed by atoms with Gasteiger partial charge in [0, 0.05) is 11.8 Å². The highest BCUT2D eigenvalue weighted by Gasteiger charge is 2.29. The highest BCUT2D eigenvalue weighted by molar-refractivity contribution is 7.18. The van der Waals surface area contributed by atoms with Crippen LogP contribution in [0.15, 0.2) is 18.2 Å². The summed E-state index contributed by atoms with van der Waals surface area (Å²) >= 11 is 1.57. The largest absolute Gasteiger partial charge is 0.394 e. The molecule has 1 aliphatic heterocycles. The Bertz CT molecular complexity index is 815. The van der Waals surface area contributed by atoms with E-state index in [1.165, 1.54) is 11.3 Å². The number of aliphatic hydroxyl groups is 1. The number of thiazole rings is 1. The lowest BCUT2D eigenvalue weighted by Gasteiger charge is -2.03. The van der Waals surface area contributed by atoms with E-state index in [1.54, 1.807) is 17.4 Å². The van der Waals surface area contributed by atoms with Gasteiger partial charge in [-0.15, -0.1) is 17.4 Å². The molecule has 22 heavy (non-hydrogen) atoms. The minimum absolute atomic E-state index is 0.277. The monoisotopic (exact) mass is 316 g/mol. The van der Waals surface area contributed by atoms with Crippen LogP contribution in [0, 0.1) is 18.1 Å². The fraction of sp³-hybridized carbons (Fsp3) is 0.333. The van der Waals surface area contributed by atoms with Crippen molar-refractivity contribution in [1.29, 1.82) is 5.26 Å². The van der Waals surface area contributed by atoms with Crippen molar-refractivity contribution in [2.24, 2.45) is 0 Å². The zero-order chi connectivity index (χ0) is 15.5. The number of ether oxygens (including phenoxy) is 1. The van der Waals surface area contributed by atoms with Gasteiger partial charge in [-0.1, -0.05) is 4.70 Å². The molecule has 2 aromatic rings. The van der Waals surface area contributed by atoms with Gasteiger partial charge in [-0.25, -0.2) is 0 Å². The van der Waals surface area contributed by atoms with E-state index >= 15 is 0 Å². The number of fused-ring (bicyclic) bond motifs is 1. The summed E-state index contributed by atoms with van der Waals surface area (Å²) in [5, 5.41) is 19.3. The summed E-state index contributed by atoms with van der Waals surface area (Å²) in [5.74, 6) is -0.277. The number of aliphatic hydroxyl groups excluding tert-OH is 1. The van der Waals surface area contributed by atoms with Gasteiger partial charge in [0.2, 0.25) is 0 Å². The van der Waals surface area contributed by atoms with E-state index in [2.05, 4.69) is 11.1 Å². The molecule has 114 valence electrons. The number of aryl methyl sites for hydroxylation is 1. The Kier molecular flexibility index (Phi) is 4.24. The van der Waals surface area contributed by atoms with Gasteiger partial charge in [-0.2, -0.15) is 17.4 Å². The summed E-state index contributed by atoms with van der Waals surface area (Å²) < 4.78 is 7.51. The summed E-state index contributed by atoms with van der Waals surface area (Å²) in [4.78, 5) is 16.5. The number of hydrogen-bond acceptors (Lipinski definition) is 6. The van der Waals surface area contributed by atoms with Crippen LogP contribution >= 0.6 is 11.3 Å². The number of benzene rings is 1. The standard InChI is InChI=1S/C15H14N3O3S/c16-6-2-1-3-14-17-11-5-4-10(7-13(11)22-14)18-9-21-12(8-19)15(18)20/h4-5,7,9,12,19H,1-3,8H2/q-1/t12-/m1/s1. The van der Waals surface area contributed by atoms with Gasteiger partial charge < -0.3 is 14.8 Å². The maximum absolute atomic E-state index is 12.0. The third-order valence-electron chi connectivity index (χ3n) is 3.38. The van der Waals surface area contributed by atoms with Gasteiger partial charge in [-0.05, 0) is 18.4 Å². The van der Waals surface area contributed by atoms with Gasteiger partial charge in [0.15, 0.2) is 12.8 Å². The second kappa shape index (κ2) is 6.32. The maximum atomic E-state index is 12.0. The van der Waals surface area contributed by atoms with Crippen LogP contribution < -0.4 is 9.93 Å². The van der Waals surface area contributed by atoms with Crippen LogP contribution in [-0.4, -0.2) is 28.7 Å². The first-order valence-corrected chi connectivity index (χ1v) is 7.73. The topological polar surface area (TPSA) is 86.2 Å². The molecule has 2 heterocycles. The molecule has 1 aromatic carbocycles.